The molecule has 0 saturated carbocycles. The zero-order valence-electron chi connectivity index (χ0n) is 11.9. The summed E-state index contributed by atoms with van der Waals surface area (Å²) in [5.41, 5.74) is 3.70. The van der Waals surface area contributed by atoms with Crippen LogP contribution in [0.1, 0.15) is 27.8 Å². The molecule has 0 bridgehead atoms. The summed E-state index contributed by atoms with van der Waals surface area (Å²) in [4.78, 5) is 0. The van der Waals surface area contributed by atoms with Crippen molar-refractivity contribution in [3.8, 4) is 11.8 Å². The van der Waals surface area contributed by atoms with Gasteiger partial charge in [0.15, 0.2) is 0 Å². The van der Waals surface area contributed by atoms with Gasteiger partial charge >= 0.3 is 0 Å². The Morgan fingerprint density at radius 1 is 1.19 bits per heavy atom. The average Bonchev–Trinajstić information content (AvgIpc) is 2.47. The number of hydrogen-bond donors (Lipinski definition) is 0. The van der Waals surface area contributed by atoms with E-state index < -0.39 is 5.82 Å². The molecule has 4 heteroatoms. The fourth-order valence-corrected chi connectivity index (χ4v) is 2.38. The molecule has 0 aliphatic heterocycles. The van der Waals surface area contributed by atoms with Crippen molar-refractivity contribution in [2.45, 2.75) is 26.3 Å². The van der Waals surface area contributed by atoms with E-state index in [0.717, 1.165) is 22.4 Å². The first-order valence-corrected chi connectivity index (χ1v) is 7.06. The summed E-state index contributed by atoms with van der Waals surface area (Å²) < 4.78 is 19.6. The quantitative estimate of drug-likeness (QED) is 0.771. The zero-order valence-corrected chi connectivity index (χ0v) is 12.7. The van der Waals surface area contributed by atoms with Gasteiger partial charge in [0.2, 0.25) is 0 Å². The molecule has 0 unspecified atom stereocenters. The smallest absolute Gasteiger partial charge is 0.131 e. The molecule has 0 radical (unpaired) electrons. The normalized spacial score (nSPS) is 10.2. The van der Waals surface area contributed by atoms with Crippen molar-refractivity contribution in [1.29, 1.82) is 5.26 Å². The number of benzene rings is 2. The fraction of sp³-hybridized carbons (Fsp3) is 0.235. The highest BCUT2D eigenvalue weighted by molar-refractivity contribution is 6.17. The van der Waals surface area contributed by atoms with E-state index >= 15 is 0 Å². The summed E-state index contributed by atoms with van der Waals surface area (Å²) in [5, 5.41) is 8.72. The lowest BCUT2D eigenvalue weighted by Gasteiger charge is -2.14. The van der Waals surface area contributed by atoms with Crippen LogP contribution < -0.4 is 4.74 Å². The number of nitriles is 1. The SMILES string of the molecule is Cc1cc(CCl)cc(C)c1OCc1ccc(C#N)cc1F. The number of ether oxygens (including phenoxy) is 1. The van der Waals surface area contributed by atoms with Crippen LogP contribution >= 0.6 is 11.6 Å². The molecule has 0 N–H and O–H groups in total. The second-order valence-corrected chi connectivity index (χ2v) is 5.17. The van der Waals surface area contributed by atoms with Crippen LogP contribution in [0.2, 0.25) is 0 Å². The number of nitrogens with zero attached hydrogens (tertiary/aromatic N) is 1. The Morgan fingerprint density at radius 2 is 1.86 bits per heavy atom. The number of halogens is 2. The minimum absolute atomic E-state index is 0.124. The van der Waals surface area contributed by atoms with Gasteiger partial charge < -0.3 is 4.74 Å². The molecule has 0 heterocycles. The van der Waals surface area contributed by atoms with Crippen molar-refractivity contribution in [1.82, 2.24) is 0 Å². The highest BCUT2D eigenvalue weighted by atomic mass is 35.5. The van der Waals surface area contributed by atoms with E-state index in [9.17, 15) is 4.39 Å². The lowest BCUT2D eigenvalue weighted by Crippen LogP contribution is -2.02. The third-order valence-corrected chi connectivity index (χ3v) is 3.54. The summed E-state index contributed by atoms with van der Waals surface area (Å²) in [6.45, 7) is 4.00. The Hall–Kier alpha value is -2.05. The standard InChI is InChI=1S/C17H15ClFNO/c1-11-5-14(8-18)6-12(2)17(11)21-10-15-4-3-13(9-20)7-16(15)19/h3-7H,8,10H2,1-2H3. The maximum atomic E-state index is 13.8. The van der Waals surface area contributed by atoms with Gasteiger partial charge in [-0.15, -0.1) is 11.6 Å². The van der Waals surface area contributed by atoms with Gasteiger partial charge in [0.05, 0.1) is 11.6 Å². The van der Waals surface area contributed by atoms with Gasteiger partial charge in [-0.05, 0) is 42.7 Å². The van der Waals surface area contributed by atoms with E-state index in [2.05, 4.69) is 0 Å². The van der Waals surface area contributed by atoms with Crippen LogP contribution in [-0.4, -0.2) is 0 Å². The van der Waals surface area contributed by atoms with Crippen LogP contribution in [0, 0.1) is 31.0 Å². The molecule has 0 fully saturated rings. The van der Waals surface area contributed by atoms with Crippen LogP contribution in [0.3, 0.4) is 0 Å². The number of aryl methyl sites for hydroxylation is 2. The van der Waals surface area contributed by atoms with Gasteiger partial charge in [-0.25, -0.2) is 4.39 Å². The molecule has 2 nitrogen and oxygen atoms in total. The molecule has 0 aliphatic carbocycles. The summed E-state index contributed by atoms with van der Waals surface area (Å²) in [6.07, 6.45) is 0. The Morgan fingerprint density at radius 3 is 2.38 bits per heavy atom. The van der Waals surface area contributed by atoms with Crippen LogP contribution in [0.25, 0.3) is 0 Å². The number of hydrogen-bond acceptors (Lipinski definition) is 2. The van der Waals surface area contributed by atoms with Crippen LogP contribution in [0.4, 0.5) is 4.39 Å². The molecule has 2 rings (SSSR count). The lowest BCUT2D eigenvalue weighted by atomic mass is 10.1. The van der Waals surface area contributed by atoms with E-state index in [4.69, 9.17) is 21.6 Å². The molecular formula is C17H15ClFNO. The third-order valence-electron chi connectivity index (χ3n) is 3.23. The summed E-state index contributed by atoms with van der Waals surface area (Å²) in [7, 11) is 0. The highest BCUT2D eigenvalue weighted by Gasteiger charge is 2.09. The van der Waals surface area contributed by atoms with Crippen molar-refractivity contribution in [2.75, 3.05) is 0 Å². The molecule has 2 aromatic carbocycles. The van der Waals surface area contributed by atoms with E-state index in [-0.39, 0.29) is 6.61 Å². The van der Waals surface area contributed by atoms with Gasteiger partial charge in [0.1, 0.15) is 18.2 Å². The maximum absolute atomic E-state index is 13.8. The maximum Gasteiger partial charge on any atom is 0.131 e. The van der Waals surface area contributed by atoms with Gasteiger partial charge in [0, 0.05) is 11.4 Å². The summed E-state index contributed by atoms with van der Waals surface area (Å²) >= 11 is 5.83. The fourth-order valence-electron chi connectivity index (χ4n) is 2.23. The van der Waals surface area contributed by atoms with E-state index in [1.54, 1.807) is 12.1 Å². The van der Waals surface area contributed by atoms with Crippen LogP contribution in [-0.2, 0) is 12.5 Å². The Bertz CT molecular complexity index is 683. The predicted molar refractivity (Wildman–Crippen MR) is 80.9 cm³/mol. The molecule has 0 aromatic heterocycles. The molecule has 0 atom stereocenters. The molecular weight excluding hydrogens is 289 g/mol. The number of rotatable bonds is 4. The largest absolute Gasteiger partial charge is 0.488 e. The molecule has 0 spiro atoms. The monoisotopic (exact) mass is 303 g/mol. The first kappa shape index (κ1) is 15.3. The second kappa shape index (κ2) is 6.60. The van der Waals surface area contributed by atoms with Crippen LogP contribution in [0.5, 0.6) is 5.75 Å². The molecule has 21 heavy (non-hydrogen) atoms. The molecule has 0 saturated heterocycles. The third kappa shape index (κ3) is 3.53. The first-order chi connectivity index (χ1) is 10.0. The lowest BCUT2D eigenvalue weighted by molar-refractivity contribution is 0.295. The molecule has 2 aromatic rings. The van der Waals surface area contributed by atoms with E-state index in [1.807, 2.05) is 32.0 Å². The van der Waals surface area contributed by atoms with Crippen molar-refractivity contribution in [3.05, 3.63) is 64.0 Å². The molecule has 108 valence electrons. The molecule has 0 amide bonds. The minimum Gasteiger partial charge on any atom is -0.488 e. The predicted octanol–water partition coefficient (Wildman–Crippen LogP) is 4.63. The van der Waals surface area contributed by atoms with E-state index in [1.165, 1.54) is 6.07 Å². The Labute approximate surface area is 128 Å². The van der Waals surface area contributed by atoms with E-state index in [0.29, 0.717) is 17.0 Å². The Kier molecular flexibility index (Phi) is 4.82. The van der Waals surface area contributed by atoms with Crippen molar-refractivity contribution >= 4 is 11.6 Å². The van der Waals surface area contributed by atoms with Crippen molar-refractivity contribution in [2.24, 2.45) is 0 Å². The average molecular weight is 304 g/mol. The van der Waals surface area contributed by atoms with Gasteiger partial charge in [-0.1, -0.05) is 18.2 Å². The van der Waals surface area contributed by atoms with Crippen molar-refractivity contribution in [3.63, 3.8) is 0 Å². The van der Waals surface area contributed by atoms with Gasteiger partial charge in [-0.3, -0.25) is 0 Å². The second-order valence-electron chi connectivity index (χ2n) is 4.90. The van der Waals surface area contributed by atoms with Crippen LogP contribution in [0.15, 0.2) is 30.3 Å². The minimum atomic E-state index is -0.429. The first-order valence-electron chi connectivity index (χ1n) is 6.52. The molecule has 0 aliphatic rings. The Balaban J connectivity index is 2.19. The summed E-state index contributed by atoms with van der Waals surface area (Å²) in [5.74, 6) is 0.765. The highest BCUT2D eigenvalue weighted by Crippen LogP contribution is 2.26. The van der Waals surface area contributed by atoms with Crippen molar-refractivity contribution < 1.29 is 9.13 Å². The number of alkyl halides is 1. The topological polar surface area (TPSA) is 33.0 Å². The van der Waals surface area contributed by atoms with Gasteiger partial charge in [-0.2, -0.15) is 5.26 Å². The van der Waals surface area contributed by atoms with Gasteiger partial charge in [0.25, 0.3) is 0 Å². The summed E-state index contributed by atoms with van der Waals surface area (Å²) in [6, 6.07) is 10.2. The zero-order chi connectivity index (χ0) is 15.4.